The molecule has 2 aromatic rings. The topological polar surface area (TPSA) is 90.2 Å². The molecule has 0 bridgehead atoms. The Morgan fingerprint density at radius 1 is 1.14 bits per heavy atom. The summed E-state index contributed by atoms with van der Waals surface area (Å²) in [6.45, 7) is -0.343. The summed E-state index contributed by atoms with van der Waals surface area (Å²) in [5.74, 6) is -5.48. The van der Waals surface area contributed by atoms with Crippen LogP contribution in [0, 0.1) is 17.5 Å². The first kappa shape index (κ1) is 21.0. The van der Waals surface area contributed by atoms with Gasteiger partial charge in [-0.1, -0.05) is 0 Å². The van der Waals surface area contributed by atoms with Crippen molar-refractivity contribution >= 4 is 11.7 Å². The number of rotatable bonds is 4. The zero-order valence-electron chi connectivity index (χ0n) is 14.9. The minimum Gasteiger partial charge on any atom is -0.382 e. The number of nitrogens with two attached hydrogens (primary N) is 2. The summed E-state index contributed by atoms with van der Waals surface area (Å²) in [4.78, 5) is 17.1. The fourth-order valence-electron chi connectivity index (χ4n) is 3.25. The molecule has 12 heteroatoms. The first-order chi connectivity index (χ1) is 13.5. The van der Waals surface area contributed by atoms with Gasteiger partial charge in [0.2, 0.25) is 11.7 Å². The van der Waals surface area contributed by atoms with E-state index in [9.17, 15) is 31.1 Å². The molecular formula is C17H17F6N5O. The van der Waals surface area contributed by atoms with Crippen molar-refractivity contribution in [3.8, 4) is 0 Å². The van der Waals surface area contributed by atoms with E-state index < -0.39 is 41.4 Å². The number of halogens is 6. The third-order valence-electron chi connectivity index (χ3n) is 4.65. The number of fused-ring (bicyclic) bond motifs is 1. The van der Waals surface area contributed by atoms with E-state index in [-0.39, 0.29) is 49.6 Å². The summed E-state index contributed by atoms with van der Waals surface area (Å²) < 4.78 is 79.9. The van der Waals surface area contributed by atoms with Gasteiger partial charge in [-0.3, -0.25) is 4.79 Å². The Hall–Kier alpha value is -2.76. The summed E-state index contributed by atoms with van der Waals surface area (Å²) in [5.41, 5.74) is 11.3. The Bertz CT molecular complexity index is 941. The standard InChI is InChI=1S/C17H17F6N5O/c18-10-6-12(20)11(19)4-8(10)3-9(24)5-14(29)27-1-2-28-13(7-27)15(25)26-16(28)17(21,22)23/h4,6,9H,1-3,5,7,24-25H2/t9-/m1/s1. The number of alkyl halides is 3. The molecular weight excluding hydrogens is 404 g/mol. The van der Waals surface area contributed by atoms with Gasteiger partial charge in [0.05, 0.1) is 12.2 Å². The molecule has 29 heavy (non-hydrogen) atoms. The van der Waals surface area contributed by atoms with Crippen LogP contribution in [0.5, 0.6) is 0 Å². The Morgan fingerprint density at radius 3 is 2.45 bits per heavy atom. The summed E-state index contributed by atoms with van der Waals surface area (Å²) in [5, 5.41) is 0. The molecule has 0 saturated carbocycles. The highest BCUT2D eigenvalue weighted by Gasteiger charge is 2.40. The predicted molar refractivity (Wildman–Crippen MR) is 89.7 cm³/mol. The number of hydrogen-bond acceptors (Lipinski definition) is 4. The van der Waals surface area contributed by atoms with Crippen molar-refractivity contribution in [3.05, 3.63) is 46.7 Å². The highest BCUT2D eigenvalue weighted by Crippen LogP contribution is 2.33. The highest BCUT2D eigenvalue weighted by molar-refractivity contribution is 5.77. The molecule has 1 aliphatic heterocycles. The lowest BCUT2D eigenvalue weighted by molar-refractivity contribution is -0.148. The van der Waals surface area contributed by atoms with Crippen LogP contribution in [-0.2, 0) is 30.5 Å². The molecule has 1 aromatic heterocycles. The molecule has 4 N–H and O–H groups in total. The average molecular weight is 421 g/mol. The van der Waals surface area contributed by atoms with Gasteiger partial charge in [-0.25, -0.2) is 18.2 Å². The van der Waals surface area contributed by atoms with Crippen LogP contribution in [0.4, 0.5) is 32.2 Å². The van der Waals surface area contributed by atoms with Gasteiger partial charge in [-0.2, -0.15) is 13.2 Å². The van der Waals surface area contributed by atoms with Crippen molar-refractivity contribution in [2.24, 2.45) is 5.73 Å². The summed E-state index contributed by atoms with van der Waals surface area (Å²) in [6, 6.07) is 0.164. The van der Waals surface area contributed by atoms with E-state index in [0.29, 0.717) is 12.1 Å². The Labute approximate surface area is 161 Å². The fourth-order valence-corrected chi connectivity index (χ4v) is 3.25. The van der Waals surface area contributed by atoms with E-state index in [2.05, 4.69) is 4.98 Å². The predicted octanol–water partition coefficient (Wildman–Crippen LogP) is 2.20. The quantitative estimate of drug-likeness (QED) is 0.585. The number of amides is 1. The van der Waals surface area contributed by atoms with Crippen molar-refractivity contribution in [1.29, 1.82) is 0 Å². The van der Waals surface area contributed by atoms with Crippen LogP contribution < -0.4 is 11.5 Å². The molecule has 1 aliphatic rings. The molecule has 0 aliphatic carbocycles. The SMILES string of the molecule is Nc1nc(C(F)(F)F)n2c1CN(C(=O)C[C@H](N)Cc1cc(F)c(F)cc1F)CC2. The second-order valence-electron chi connectivity index (χ2n) is 6.76. The molecule has 0 radical (unpaired) electrons. The maximum absolute atomic E-state index is 13.7. The first-order valence-electron chi connectivity index (χ1n) is 8.56. The van der Waals surface area contributed by atoms with Crippen molar-refractivity contribution in [2.75, 3.05) is 12.3 Å². The largest absolute Gasteiger partial charge is 0.449 e. The molecule has 0 unspecified atom stereocenters. The minimum atomic E-state index is -4.67. The number of hydrogen-bond donors (Lipinski definition) is 2. The van der Waals surface area contributed by atoms with Gasteiger partial charge in [-0.15, -0.1) is 0 Å². The smallest absolute Gasteiger partial charge is 0.382 e. The molecule has 3 rings (SSSR count). The number of imidazole rings is 1. The highest BCUT2D eigenvalue weighted by atomic mass is 19.4. The molecule has 0 spiro atoms. The van der Waals surface area contributed by atoms with Crippen molar-refractivity contribution < 1.29 is 31.1 Å². The molecule has 0 saturated heterocycles. The Kier molecular flexibility index (Phi) is 5.48. The van der Waals surface area contributed by atoms with Gasteiger partial charge in [-0.05, 0) is 18.1 Å². The van der Waals surface area contributed by atoms with Crippen molar-refractivity contribution in [2.45, 2.75) is 38.1 Å². The van der Waals surface area contributed by atoms with E-state index in [4.69, 9.17) is 11.5 Å². The molecule has 2 heterocycles. The van der Waals surface area contributed by atoms with E-state index in [0.717, 1.165) is 4.57 Å². The zero-order valence-corrected chi connectivity index (χ0v) is 14.9. The monoisotopic (exact) mass is 421 g/mol. The maximum atomic E-state index is 13.7. The van der Waals surface area contributed by atoms with Gasteiger partial charge < -0.3 is 20.9 Å². The van der Waals surface area contributed by atoms with E-state index >= 15 is 0 Å². The summed E-state index contributed by atoms with van der Waals surface area (Å²) >= 11 is 0. The maximum Gasteiger partial charge on any atom is 0.449 e. The number of carbonyl (C=O) groups is 1. The van der Waals surface area contributed by atoms with Gasteiger partial charge in [0.15, 0.2) is 11.6 Å². The molecule has 1 atom stereocenters. The molecule has 1 amide bonds. The minimum absolute atomic E-state index is 0.0169. The zero-order chi connectivity index (χ0) is 21.5. The number of carbonyl (C=O) groups excluding carboxylic acids is 1. The molecule has 1 aromatic carbocycles. The van der Waals surface area contributed by atoms with Crippen molar-refractivity contribution in [1.82, 2.24) is 14.5 Å². The second-order valence-corrected chi connectivity index (χ2v) is 6.76. The van der Waals surface area contributed by atoms with Crippen molar-refractivity contribution in [3.63, 3.8) is 0 Å². The van der Waals surface area contributed by atoms with Crippen LogP contribution in [0.15, 0.2) is 12.1 Å². The Morgan fingerprint density at radius 2 is 1.79 bits per heavy atom. The van der Waals surface area contributed by atoms with Crippen LogP contribution in [0.1, 0.15) is 23.5 Å². The third kappa shape index (κ3) is 4.31. The second kappa shape index (κ2) is 7.58. The lowest BCUT2D eigenvalue weighted by Gasteiger charge is -2.30. The summed E-state index contributed by atoms with van der Waals surface area (Å²) in [7, 11) is 0. The van der Waals surface area contributed by atoms with E-state index in [1.54, 1.807) is 0 Å². The lowest BCUT2D eigenvalue weighted by atomic mass is 10.0. The first-order valence-corrected chi connectivity index (χ1v) is 8.56. The van der Waals surface area contributed by atoms with E-state index in [1.807, 2.05) is 0 Å². The fraction of sp³-hybridized carbons (Fsp3) is 0.412. The third-order valence-corrected chi connectivity index (χ3v) is 4.65. The lowest BCUT2D eigenvalue weighted by Crippen LogP contribution is -2.42. The van der Waals surface area contributed by atoms with E-state index in [1.165, 1.54) is 4.90 Å². The normalized spacial score (nSPS) is 15.3. The van der Waals surface area contributed by atoms with Crippen LogP contribution in [0.25, 0.3) is 0 Å². The van der Waals surface area contributed by atoms with Gasteiger partial charge in [0, 0.05) is 31.6 Å². The van der Waals surface area contributed by atoms with Crippen LogP contribution in [0.3, 0.4) is 0 Å². The van der Waals surface area contributed by atoms with Crippen LogP contribution in [-0.4, -0.2) is 32.9 Å². The van der Waals surface area contributed by atoms with Crippen LogP contribution in [0.2, 0.25) is 0 Å². The molecule has 158 valence electrons. The average Bonchev–Trinajstić information content (AvgIpc) is 2.96. The van der Waals surface area contributed by atoms with Gasteiger partial charge >= 0.3 is 6.18 Å². The molecule has 6 nitrogen and oxygen atoms in total. The molecule has 0 fully saturated rings. The summed E-state index contributed by atoms with van der Waals surface area (Å²) in [6.07, 6.45) is -5.16. The number of aromatic nitrogens is 2. The van der Waals surface area contributed by atoms with Gasteiger partial charge in [0.25, 0.3) is 0 Å². The van der Waals surface area contributed by atoms with Gasteiger partial charge in [0.1, 0.15) is 11.6 Å². The number of benzene rings is 1. The Balaban J connectivity index is 1.67. The number of nitrogen functional groups attached to an aromatic ring is 1. The van der Waals surface area contributed by atoms with Crippen LogP contribution >= 0.6 is 0 Å². The number of anilines is 1. The number of nitrogens with zero attached hydrogens (tertiary/aromatic N) is 3.